The van der Waals surface area contributed by atoms with E-state index in [4.69, 9.17) is 4.74 Å². The standard InChI is InChI=1S/C9H19NO5S/c1-6(11)7(10-16(5,13)14)8(12)15-9(2,3)4/h6-7,10-11H,1-5H3/t6-,7+/m1/s1. The molecular formula is C9H19NO5S. The molecule has 0 amide bonds. The highest BCUT2D eigenvalue weighted by molar-refractivity contribution is 7.88. The zero-order chi connectivity index (χ0) is 13.1. The van der Waals surface area contributed by atoms with Crippen LogP contribution in [0, 0.1) is 0 Å². The van der Waals surface area contributed by atoms with Gasteiger partial charge in [0, 0.05) is 0 Å². The third-order valence-corrected chi connectivity index (χ3v) is 2.17. The number of hydrogen-bond acceptors (Lipinski definition) is 5. The van der Waals surface area contributed by atoms with Gasteiger partial charge in [-0.2, -0.15) is 4.72 Å². The number of aliphatic hydroxyl groups is 1. The summed E-state index contributed by atoms with van der Waals surface area (Å²) in [5.74, 6) is -0.798. The van der Waals surface area contributed by atoms with Crippen molar-refractivity contribution in [3.05, 3.63) is 0 Å². The van der Waals surface area contributed by atoms with E-state index in [1.807, 2.05) is 4.72 Å². The molecule has 0 aliphatic rings. The van der Waals surface area contributed by atoms with Crippen LogP contribution in [0.5, 0.6) is 0 Å². The van der Waals surface area contributed by atoms with Gasteiger partial charge >= 0.3 is 5.97 Å². The normalized spacial score (nSPS) is 16.6. The van der Waals surface area contributed by atoms with Crippen LogP contribution < -0.4 is 4.72 Å². The average Bonchev–Trinajstić information content (AvgIpc) is 1.94. The van der Waals surface area contributed by atoms with Gasteiger partial charge in [0.25, 0.3) is 0 Å². The van der Waals surface area contributed by atoms with E-state index in [9.17, 15) is 18.3 Å². The largest absolute Gasteiger partial charge is 0.459 e. The highest BCUT2D eigenvalue weighted by atomic mass is 32.2. The van der Waals surface area contributed by atoms with E-state index in [0.29, 0.717) is 0 Å². The molecule has 0 unspecified atom stereocenters. The molecule has 0 saturated heterocycles. The van der Waals surface area contributed by atoms with E-state index in [0.717, 1.165) is 6.26 Å². The summed E-state index contributed by atoms with van der Waals surface area (Å²) in [5.41, 5.74) is -0.733. The first-order chi connectivity index (χ1) is 6.92. The van der Waals surface area contributed by atoms with Crippen LogP contribution in [0.2, 0.25) is 0 Å². The summed E-state index contributed by atoms with van der Waals surface area (Å²) in [6.07, 6.45) is -0.253. The van der Waals surface area contributed by atoms with Crippen molar-refractivity contribution in [2.45, 2.75) is 45.4 Å². The summed E-state index contributed by atoms with van der Waals surface area (Å²) >= 11 is 0. The average molecular weight is 253 g/mol. The molecule has 0 aliphatic carbocycles. The summed E-state index contributed by atoms with van der Waals surface area (Å²) in [4.78, 5) is 11.6. The van der Waals surface area contributed by atoms with Crippen molar-refractivity contribution in [3.63, 3.8) is 0 Å². The summed E-state index contributed by atoms with van der Waals surface area (Å²) in [5, 5.41) is 9.31. The van der Waals surface area contributed by atoms with Gasteiger partial charge in [-0.3, -0.25) is 4.79 Å². The lowest BCUT2D eigenvalue weighted by Crippen LogP contribution is -2.49. The molecule has 6 nitrogen and oxygen atoms in total. The third kappa shape index (κ3) is 6.76. The molecule has 0 radical (unpaired) electrons. The Bertz CT molecular complexity index is 341. The zero-order valence-electron chi connectivity index (χ0n) is 10.1. The van der Waals surface area contributed by atoms with Crippen LogP contribution in [0.1, 0.15) is 27.7 Å². The van der Waals surface area contributed by atoms with Crippen molar-refractivity contribution >= 4 is 16.0 Å². The van der Waals surface area contributed by atoms with Crippen LogP contribution in [0.4, 0.5) is 0 Å². The van der Waals surface area contributed by atoms with Gasteiger partial charge in [-0.25, -0.2) is 8.42 Å². The van der Waals surface area contributed by atoms with Crippen LogP contribution in [-0.4, -0.2) is 43.5 Å². The minimum absolute atomic E-state index is 0.733. The van der Waals surface area contributed by atoms with E-state index in [1.165, 1.54) is 6.92 Å². The van der Waals surface area contributed by atoms with Crippen LogP contribution in [0.3, 0.4) is 0 Å². The van der Waals surface area contributed by atoms with E-state index in [2.05, 4.69) is 0 Å². The molecule has 0 aromatic carbocycles. The Labute approximate surface area is 96.0 Å². The molecule has 0 aromatic heterocycles. The van der Waals surface area contributed by atoms with Gasteiger partial charge in [-0.1, -0.05) is 0 Å². The molecule has 96 valence electrons. The van der Waals surface area contributed by atoms with Gasteiger partial charge < -0.3 is 9.84 Å². The topological polar surface area (TPSA) is 92.7 Å². The fraction of sp³-hybridized carbons (Fsp3) is 0.889. The van der Waals surface area contributed by atoms with Gasteiger partial charge in [-0.15, -0.1) is 0 Å². The van der Waals surface area contributed by atoms with Crippen molar-refractivity contribution < 1.29 is 23.1 Å². The van der Waals surface area contributed by atoms with Gasteiger partial charge in [-0.05, 0) is 27.7 Å². The van der Waals surface area contributed by atoms with Gasteiger partial charge in [0.15, 0.2) is 0 Å². The minimum Gasteiger partial charge on any atom is -0.459 e. The second-order valence-corrected chi connectivity index (χ2v) is 6.42. The number of sulfonamides is 1. The fourth-order valence-corrected chi connectivity index (χ4v) is 1.69. The maximum Gasteiger partial charge on any atom is 0.327 e. The van der Waals surface area contributed by atoms with Crippen molar-refractivity contribution in [2.24, 2.45) is 0 Å². The monoisotopic (exact) mass is 253 g/mol. The van der Waals surface area contributed by atoms with Crippen molar-refractivity contribution in [3.8, 4) is 0 Å². The number of hydrogen-bond donors (Lipinski definition) is 2. The lowest BCUT2D eigenvalue weighted by Gasteiger charge is -2.25. The van der Waals surface area contributed by atoms with Crippen LogP contribution >= 0.6 is 0 Å². The summed E-state index contributed by atoms with van der Waals surface area (Å²) in [6.45, 7) is 6.28. The molecule has 0 spiro atoms. The highest BCUT2D eigenvalue weighted by Crippen LogP contribution is 2.10. The molecule has 0 aromatic rings. The molecular weight excluding hydrogens is 234 g/mol. The van der Waals surface area contributed by atoms with Crippen LogP contribution in [0.25, 0.3) is 0 Å². The second kappa shape index (κ2) is 5.11. The van der Waals surface area contributed by atoms with E-state index >= 15 is 0 Å². The molecule has 2 N–H and O–H groups in total. The lowest BCUT2D eigenvalue weighted by molar-refractivity contribution is -0.159. The first kappa shape index (κ1) is 15.3. The molecule has 0 aliphatic heterocycles. The molecule has 0 heterocycles. The maximum absolute atomic E-state index is 11.6. The van der Waals surface area contributed by atoms with Crippen molar-refractivity contribution in [1.29, 1.82) is 0 Å². The molecule has 0 rings (SSSR count). The molecule has 0 saturated carbocycles. The predicted molar refractivity (Wildman–Crippen MR) is 59.3 cm³/mol. The van der Waals surface area contributed by atoms with Crippen LogP contribution in [-0.2, 0) is 19.6 Å². The molecule has 2 atom stereocenters. The Morgan fingerprint density at radius 1 is 1.38 bits per heavy atom. The number of carbonyl (C=O) groups is 1. The first-order valence-electron chi connectivity index (χ1n) is 4.80. The number of ether oxygens (including phenoxy) is 1. The Kier molecular flexibility index (Phi) is 4.90. The zero-order valence-corrected chi connectivity index (χ0v) is 11.0. The van der Waals surface area contributed by atoms with Gasteiger partial charge in [0.2, 0.25) is 10.0 Å². The maximum atomic E-state index is 11.6. The van der Waals surface area contributed by atoms with Crippen molar-refractivity contribution in [1.82, 2.24) is 4.72 Å². The van der Waals surface area contributed by atoms with E-state index < -0.39 is 33.7 Å². The number of rotatable bonds is 4. The fourth-order valence-electron chi connectivity index (χ4n) is 0.939. The molecule has 0 fully saturated rings. The smallest absolute Gasteiger partial charge is 0.327 e. The number of carbonyl (C=O) groups excluding carboxylic acids is 1. The lowest BCUT2D eigenvalue weighted by atomic mass is 10.1. The van der Waals surface area contributed by atoms with E-state index in [1.54, 1.807) is 20.8 Å². The van der Waals surface area contributed by atoms with Gasteiger partial charge in [0.05, 0.1) is 12.4 Å². The Hall–Kier alpha value is -0.660. The van der Waals surface area contributed by atoms with E-state index in [-0.39, 0.29) is 0 Å². The first-order valence-corrected chi connectivity index (χ1v) is 6.70. The van der Waals surface area contributed by atoms with Gasteiger partial charge in [0.1, 0.15) is 11.6 Å². The molecule has 7 heteroatoms. The summed E-state index contributed by atoms with van der Waals surface area (Å²) in [6, 6.07) is -1.28. The van der Waals surface area contributed by atoms with Crippen molar-refractivity contribution in [2.75, 3.05) is 6.26 Å². The number of esters is 1. The minimum atomic E-state index is -3.58. The summed E-state index contributed by atoms with van der Waals surface area (Å²) in [7, 11) is -3.58. The predicted octanol–water partition coefficient (Wildman–Crippen LogP) is -0.373. The quantitative estimate of drug-likeness (QED) is 0.667. The second-order valence-electron chi connectivity index (χ2n) is 4.64. The van der Waals surface area contributed by atoms with Crippen LogP contribution in [0.15, 0.2) is 0 Å². The Balaban J connectivity index is 4.75. The number of nitrogens with one attached hydrogen (secondary N) is 1. The SMILES string of the molecule is C[C@@H](O)[C@H](NS(C)(=O)=O)C(=O)OC(C)(C)C. The summed E-state index contributed by atoms with van der Waals surface area (Å²) < 4.78 is 29.0. The molecule has 16 heavy (non-hydrogen) atoms. The number of aliphatic hydroxyl groups excluding tert-OH is 1. The Morgan fingerprint density at radius 3 is 2.06 bits per heavy atom. The Morgan fingerprint density at radius 2 is 1.81 bits per heavy atom. The molecule has 0 bridgehead atoms. The third-order valence-electron chi connectivity index (χ3n) is 1.48. The highest BCUT2D eigenvalue weighted by Gasteiger charge is 2.31.